The van der Waals surface area contributed by atoms with Crippen LogP contribution in [-0.4, -0.2) is 12.5 Å². The fourth-order valence-corrected chi connectivity index (χ4v) is 2.79. The minimum Gasteiger partial charge on any atom is -0.494 e. The Kier molecular flexibility index (Phi) is 6.46. The summed E-state index contributed by atoms with van der Waals surface area (Å²) in [5, 5.41) is 3.01. The number of para-hydroxylation sites is 1. The summed E-state index contributed by atoms with van der Waals surface area (Å²) in [4.78, 5) is 12.0. The summed E-state index contributed by atoms with van der Waals surface area (Å²) < 4.78 is 6.59. The Hall–Kier alpha value is -1.81. The zero-order valence-electron chi connectivity index (χ0n) is 12.6. The van der Waals surface area contributed by atoms with Crippen LogP contribution in [0, 0.1) is 0 Å². The van der Waals surface area contributed by atoms with E-state index in [9.17, 15) is 4.79 Å². The lowest BCUT2D eigenvalue weighted by molar-refractivity contribution is -0.121. The third-order valence-corrected chi connectivity index (χ3v) is 4.03. The first-order valence-corrected chi connectivity index (χ1v) is 8.18. The second-order valence-electron chi connectivity index (χ2n) is 5.08. The topological polar surface area (TPSA) is 38.3 Å². The Labute approximate surface area is 139 Å². The van der Waals surface area contributed by atoms with E-state index in [2.05, 4.69) is 21.2 Å². The number of carbonyl (C=O) groups excluding carboxylic acids is 1. The summed E-state index contributed by atoms with van der Waals surface area (Å²) in [6, 6.07) is 17.5. The lowest BCUT2D eigenvalue weighted by atomic mass is 10.1. The van der Waals surface area contributed by atoms with Crippen molar-refractivity contribution >= 4 is 21.8 Å². The van der Waals surface area contributed by atoms with Crippen LogP contribution < -0.4 is 10.1 Å². The summed E-state index contributed by atoms with van der Waals surface area (Å²) in [5.74, 6) is 0.879. The van der Waals surface area contributed by atoms with Crippen LogP contribution in [0.4, 0.5) is 0 Å². The molecule has 0 saturated carbocycles. The second kappa shape index (κ2) is 8.59. The molecule has 0 aromatic heterocycles. The highest BCUT2D eigenvalue weighted by Crippen LogP contribution is 2.22. The molecule has 1 unspecified atom stereocenters. The number of halogens is 1. The van der Waals surface area contributed by atoms with Gasteiger partial charge in [0, 0.05) is 10.9 Å². The molecule has 1 atom stereocenters. The van der Waals surface area contributed by atoms with Crippen molar-refractivity contribution in [3.05, 3.63) is 64.6 Å². The van der Waals surface area contributed by atoms with Gasteiger partial charge in [-0.1, -0.05) is 52.3 Å². The van der Waals surface area contributed by atoms with E-state index in [-0.39, 0.29) is 11.9 Å². The van der Waals surface area contributed by atoms with Crippen LogP contribution in [0.3, 0.4) is 0 Å². The Bertz CT molecular complexity index is 601. The van der Waals surface area contributed by atoms with Crippen LogP contribution in [0.15, 0.2) is 59.1 Å². The first-order valence-electron chi connectivity index (χ1n) is 7.38. The number of nitrogens with one attached hydrogen (secondary N) is 1. The zero-order valence-corrected chi connectivity index (χ0v) is 14.2. The number of ether oxygens (including phenoxy) is 1. The van der Waals surface area contributed by atoms with Gasteiger partial charge in [0.25, 0.3) is 0 Å². The normalized spacial score (nSPS) is 11.7. The van der Waals surface area contributed by atoms with E-state index in [0.717, 1.165) is 15.8 Å². The molecule has 0 heterocycles. The van der Waals surface area contributed by atoms with Gasteiger partial charge < -0.3 is 10.1 Å². The Morgan fingerprint density at radius 1 is 1.14 bits per heavy atom. The fraction of sp³-hybridized carbons (Fsp3) is 0.278. The standard InChI is InChI=1S/C18H20BrNO2/c1-14(16-10-5-6-11-17(16)19)20-18(21)12-7-13-22-15-8-3-2-4-9-15/h2-6,8-11,14H,7,12-13H2,1H3,(H,20,21). The Morgan fingerprint density at radius 2 is 1.82 bits per heavy atom. The maximum atomic E-state index is 12.0. The number of hydrogen-bond acceptors (Lipinski definition) is 2. The summed E-state index contributed by atoms with van der Waals surface area (Å²) in [5.41, 5.74) is 1.08. The monoisotopic (exact) mass is 361 g/mol. The molecule has 0 radical (unpaired) electrons. The van der Waals surface area contributed by atoms with Gasteiger partial charge in [0.2, 0.25) is 5.91 Å². The average Bonchev–Trinajstić information content (AvgIpc) is 2.53. The minimum atomic E-state index is -0.0156. The van der Waals surface area contributed by atoms with E-state index in [4.69, 9.17) is 4.74 Å². The smallest absolute Gasteiger partial charge is 0.220 e. The molecule has 116 valence electrons. The van der Waals surface area contributed by atoms with Crippen LogP contribution in [0.1, 0.15) is 31.4 Å². The van der Waals surface area contributed by atoms with Crippen LogP contribution in [0.5, 0.6) is 5.75 Å². The largest absolute Gasteiger partial charge is 0.494 e. The summed E-state index contributed by atoms with van der Waals surface area (Å²) in [6.45, 7) is 2.53. The summed E-state index contributed by atoms with van der Waals surface area (Å²) >= 11 is 3.51. The molecule has 0 saturated heterocycles. The molecular formula is C18H20BrNO2. The molecule has 2 rings (SSSR count). The number of hydrogen-bond donors (Lipinski definition) is 1. The first-order chi connectivity index (χ1) is 10.7. The fourth-order valence-electron chi connectivity index (χ4n) is 2.16. The molecule has 2 aromatic carbocycles. The van der Waals surface area contributed by atoms with Crippen LogP contribution in [0.2, 0.25) is 0 Å². The number of amides is 1. The van der Waals surface area contributed by atoms with Gasteiger partial charge in [0.15, 0.2) is 0 Å². The Morgan fingerprint density at radius 3 is 2.55 bits per heavy atom. The maximum absolute atomic E-state index is 12.0. The highest BCUT2D eigenvalue weighted by molar-refractivity contribution is 9.10. The van der Waals surface area contributed by atoms with Gasteiger partial charge in [0.05, 0.1) is 12.6 Å². The van der Waals surface area contributed by atoms with Crippen molar-refractivity contribution in [2.45, 2.75) is 25.8 Å². The van der Waals surface area contributed by atoms with Gasteiger partial charge in [-0.05, 0) is 37.1 Å². The summed E-state index contributed by atoms with van der Waals surface area (Å²) in [6.07, 6.45) is 1.16. The van der Waals surface area contributed by atoms with Crippen molar-refractivity contribution < 1.29 is 9.53 Å². The minimum absolute atomic E-state index is 0.0156. The Balaban J connectivity index is 1.71. The highest BCUT2D eigenvalue weighted by atomic mass is 79.9. The van der Waals surface area contributed by atoms with E-state index < -0.39 is 0 Å². The first kappa shape index (κ1) is 16.6. The van der Waals surface area contributed by atoms with Crippen molar-refractivity contribution in [2.75, 3.05) is 6.61 Å². The van der Waals surface area contributed by atoms with Crippen LogP contribution in [-0.2, 0) is 4.79 Å². The molecule has 2 aromatic rings. The van der Waals surface area contributed by atoms with E-state index in [1.165, 1.54) is 0 Å². The van der Waals surface area contributed by atoms with Crippen molar-refractivity contribution in [3.63, 3.8) is 0 Å². The van der Waals surface area contributed by atoms with E-state index >= 15 is 0 Å². The molecule has 22 heavy (non-hydrogen) atoms. The molecule has 0 bridgehead atoms. The predicted octanol–water partition coefficient (Wildman–Crippen LogP) is 4.49. The van der Waals surface area contributed by atoms with Crippen molar-refractivity contribution in [3.8, 4) is 5.75 Å². The molecule has 0 aliphatic heterocycles. The maximum Gasteiger partial charge on any atom is 0.220 e. The van der Waals surface area contributed by atoms with Gasteiger partial charge in [-0.25, -0.2) is 0 Å². The van der Waals surface area contributed by atoms with Gasteiger partial charge in [0.1, 0.15) is 5.75 Å². The molecule has 0 aliphatic rings. The van der Waals surface area contributed by atoms with Crippen molar-refractivity contribution in [1.29, 1.82) is 0 Å². The molecule has 1 amide bonds. The third-order valence-electron chi connectivity index (χ3n) is 3.31. The molecule has 4 heteroatoms. The molecule has 3 nitrogen and oxygen atoms in total. The average molecular weight is 362 g/mol. The van der Waals surface area contributed by atoms with Crippen molar-refractivity contribution in [2.24, 2.45) is 0 Å². The summed E-state index contributed by atoms with van der Waals surface area (Å²) in [7, 11) is 0. The highest BCUT2D eigenvalue weighted by Gasteiger charge is 2.11. The SMILES string of the molecule is CC(NC(=O)CCCOc1ccccc1)c1ccccc1Br. The molecule has 1 N–H and O–H groups in total. The molecular weight excluding hydrogens is 342 g/mol. The molecule has 0 fully saturated rings. The van der Waals surface area contributed by atoms with Crippen molar-refractivity contribution in [1.82, 2.24) is 5.32 Å². The zero-order chi connectivity index (χ0) is 15.8. The van der Waals surface area contributed by atoms with E-state index in [1.54, 1.807) is 0 Å². The van der Waals surface area contributed by atoms with Gasteiger partial charge in [-0.3, -0.25) is 4.79 Å². The number of benzene rings is 2. The lowest BCUT2D eigenvalue weighted by Crippen LogP contribution is -2.26. The van der Waals surface area contributed by atoms with Crippen LogP contribution in [0.25, 0.3) is 0 Å². The van der Waals surface area contributed by atoms with Gasteiger partial charge in [-0.2, -0.15) is 0 Å². The van der Waals surface area contributed by atoms with E-state index in [0.29, 0.717) is 19.4 Å². The van der Waals surface area contributed by atoms with E-state index in [1.807, 2.05) is 61.5 Å². The quantitative estimate of drug-likeness (QED) is 0.738. The number of rotatable bonds is 7. The second-order valence-corrected chi connectivity index (χ2v) is 5.93. The predicted molar refractivity (Wildman–Crippen MR) is 91.9 cm³/mol. The lowest BCUT2D eigenvalue weighted by Gasteiger charge is -2.16. The van der Waals surface area contributed by atoms with Crippen LogP contribution >= 0.6 is 15.9 Å². The van der Waals surface area contributed by atoms with Gasteiger partial charge >= 0.3 is 0 Å². The molecule has 0 spiro atoms. The number of carbonyl (C=O) groups is 1. The molecule has 0 aliphatic carbocycles. The van der Waals surface area contributed by atoms with Gasteiger partial charge in [-0.15, -0.1) is 0 Å². The third kappa shape index (κ3) is 5.19.